The summed E-state index contributed by atoms with van der Waals surface area (Å²) in [5.41, 5.74) is 0. The van der Waals surface area contributed by atoms with E-state index in [9.17, 15) is 4.79 Å². The Balaban J connectivity index is 2.48. The quantitative estimate of drug-likeness (QED) is 0.679. The normalized spacial score (nSPS) is 28.4. The fourth-order valence-corrected chi connectivity index (χ4v) is 2.17. The number of rotatable bonds is 4. The highest BCUT2D eigenvalue weighted by Gasteiger charge is 2.27. The molecule has 92 valence electrons. The monoisotopic (exact) mass is 225 g/mol. The molecular weight excluding hydrogens is 202 g/mol. The largest absolute Gasteiger partial charge is 0.351 e. The minimum absolute atomic E-state index is 0.0630. The second-order valence-electron chi connectivity index (χ2n) is 4.63. The summed E-state index contributed by atoms with van der Waals surface area (Å²) in [5.74, 6) is 0.0844. The summed E-state index contributed by atoms with van der Waals surface area (Å²) < 4.78 is 0. The minimum Gasteiger partial charge on any atom is -0.351 e. The number of nitrogens with one attached hydrogen (secondary N) is 2. The van der Waals surface area contributed by atoms with Crippen molar-refractivity contribution in [3.63, 3.8) is 0 Å². The second-order valence-corrected chi connectivity index (χ2v) is 4.63. The maximum Gasteiger partial charge on any atom is 0.237 e. The van der Waals surface area contributed by atoms with E-state index < -0.39 is 0 Å². The molecule has 0 aromatic heterocycles. The Bertz CT molecular complexity index is 245. The van der Waals surface area contributed by atoms with Crippen molar-refractivity contribution in [2.24, 2.45) is 0 Å². The lowest BCUT2D eigenvalue weighted by atomic mass is 10.1. The van der Waals surface area contributed by atoms with Crippen molar-refractivity contribution >= 4 is 5.91 Å². The molecular formula is C12H23N3O. The third kappa shape index (κ3) is 3.61. The highest BCUT2D eigenvalue weighted by atomic mass is 16.2. The molecule has 1 aliphatic heterocycles. The van der Waals surface area contributed by atoms with Gasteiger partial charge in [-0.2, -0.15) is 0 Å². The van der Waals surface area contributed by atoms with Crippen LogP contribution < -0.4 is 10.6 Å². The summed E-state index contributed by atoms with van der Waals surface area (Å²) in [6.07, 6.45) is 1.70. The molecule has 3 unspecified atom stereocenters. The Kier molecular flexibility index (Phi) is 4.96. The number of carbonyl (C=O) groups excluding carboxylic acids is 1. The predicted octanol–water partition coefficient (Wildman–Crippen LogP) is 0.359. The molecule has 0 aromatic rings. The summed E-state index contributed by atoms with van der Waals surface area (Å²) in [6, 6.07) is 0.823. The van der Waals surface area contributed by atoms with E-state index in [1.54, 1.807) is 6.08 Å². The zero-order valence-corrected chi connectivity index (χ0v) is 10.5. The standard InChI is InChI=1S/C12H23N3O/c1-5-6-13-12(16)11(4)15-7-9(2)14-10(3)8-15/h5,9-11,14H,1,6-8H2,2-4H3,(H,13,16). The molecule has 2 N–H and O–H groups in total. The second kappa shape index (κ2) is 6.01. The summed E-state index contributed by atoms with van der Waals surface area (Å²) >= 11 is 0. The molecule has 0 saturated carbocycles. The van der Waals surface area contributed by atoms with Crippen LogP contribution in [0.5, 0.6) is 0 Å². The van der Waals surface area contributed by atoms with Gasteiger partial charge in [0.2, 0.25) is 5.91 Å². The molecule has 0 bridgehead atoms. The van der Waals surface area contributed by atoms with Crippen molar-refractivity contribution in [2.75, 3.05) is 19.6 Å². The lowest BCUT2D eigenvalue weighted by Crippen LogP contribution is -2.59. The topological polar surface area (TPSA) is 44.4 Å². The zero-order valence-electron chi connectivity index (χ0n) is 10.5. The molecule has 1 amide bonds. The first-order chi connectivity index (χ1) is 7.54. The van der Waals surface area contributed by atoms with Gasteiger partial charge in [0.05, 0.1) is 6.04 Å². The third-order valence-electron chi connectivity index (χ3n) is 2.93. The van der Waals surface area contributed by atoms with E-state index in [1.165, 1.54) is 0 Å². The van der Waals surface area contributed by atoms with Gasteiger partial charge in [-0.1, -0.05) is 6.08 Å². The SMILES string of the molecule is C=CCNC(=O)C(C)N1CC(C)NC(C)C1. The average Bonchev–Trinajstić information content (AvgIpc) is 2.23. The Morgan fingerprint density at radius 3 is 2.62 bits per heavy atom. The van der Waals surface area contributed by atoms with E-state index in [-0.39, 0.29) is 11.9 Å². The molecule has 1 saturated heterocycles. The van der Waals surface area contributed by atoms with E-state index in [4.69, 9.17) is 0 Å². The zero-order chi connectivity index (χ0) is 12.1. The van der Waals surface area contributed by atoms with E-state index >= 15 is 0 Å². The third-order valence-corrected chi connectivity index (χ3v) is 2.93. The van der Waals surface area contributed by atoms with Crippen LogP contribution in [0.1, 0.15) is 20.8 Å². The summed E-state index contributed by atoms with van der Waals surface area (Å²) in [4.78, 5) is 14.0. The van der Waals surface area contributed by atoms with Gasteiger partial charge in [-0.15, -0.1) is 6.58 Å². The molecule has 4 nitrogen and oxygen atoms in total. The molecule has 16 heavy (non-hydrogen) atoms. The van der Waals surface area contributed by atoms with Crippen molar-refractivity contribution in [3.8, 4) is 0 Å². The minimum atomic E-state index is -0.0630. The van der Waals surface area contributed by atoms with Crippen molar-refractivity contribution < 1.29 is 4.79 Å². The first-order valence-corrected chi connectivity index (χ1v) is 5.93. The van der Waals surface area contributed by atoms with Gasteiger partial charge in [-0.3, -0.25) is 9.69 Å². The Morgan fingerprint density at radius 1 is 1.56 bits per heavy atom. The van der Waals surface area contributed by atoms with Crippen LogP contribution in [0.15, 0.2) is 12.7 Å². The van der Waals surface area contributed by atoms with Gasteiger partial charge in [0.25, 0.3) is 0 Å². The van der Waals surface area contributed by atoms with Crippen molar-refractivity contribution in [3.05, 3.63) is 12.7 Å². The fourth-order valence-electron chi connectivity index (χ4n) is 2.17. The molecule has 1 rings (SSSR count). The van der Waals surface area contributed by atoms with Crippen LogP contribution in [0.25, 0.3) is 0 Å². The number of nitrogens with zero attached hydrogens (tertiary/aromatic N) is 1. The van der Waals surface area contributed by atoms with Gasteiger partial charge in [-0.25, -0.2) is 0 Å². The van der Waals surface area contributed by atoms with Gasteiger partial charge in [0, 0.05) is 31.7 Å². The number of hydrogen-bond donors (Lipinski definition) is 2. The molecule has 0 aromatic carbocycles. The maximum atomic E-state index is 11.8. The molecule has 1 heterocycles. The van der Waals surface area contributed by atoms with Crippen LogP contribution in [0.4, 0.5) is 0 Å². The summed E-state index contributed by atoms with van der Waals surface area (Å²) in [7, 11) is 0. The first-order valence-electron chi connectivity index (χ1n) is 5.93. The van der Waals surface area contributed by atoms with Crippen molar-refractivity contribution in [1.29, 1.82) is 0 Å². The van der Waals surface area contributed by atoms with Crippen molar-refractivity contribution in [1.82, 2.24) is 15.5 Å². The lowest BCUT2D eigenvalue weighted by Gasteiger charge is -2.38. The Hall–Kier alpha value is -0.870. The fraction of sp³-hybridized carbons (Fsp3) is 0.750. The molecule has 0 spiro atoms. The molecule has 3 atom stereocenters. The molecule has 1 aliphatic rings. The number of amides is 1. The van der Waals surface area contributed by atoms with Gasteiger partial charge in [0.15, 0.2) is 0 Å². The molecule has 1 fully saturated rings. The highest BCUT2D eigenvalue weighted by Crippen LogP contribution is 2.08. The van der Waals surface area contributed by atoms with E-state index in [1.807, 2.05) is 6.92 Å². The van der Waals surface area contributed by atoms with Crippen LogP contribution in [0, 0.1) is 0 Å². The smallest absolute Gasteiger partial charge is 0.237 e. The van der Waals surface area contributed by atoms with E-state index in [0.717, 1.165) is 13.1 Å². The van der Waals surface area contributed by atoms with Crippen LogP contribution in [-0.2, 0) is 4.79 Å². The summed E-state index contributed by atoms with van der Waals surface area (Å²) in [5, 5.41) is 6.30. The number of carbonyl (C=O) groups is 1. The highest BCUT2D eigenvalue weighted by molar-refractivity contribution is 5.81. The van der Waals surface area contributed by atoms with E-state index in [0.29, 0.717) is 18.6 Å². The van der Waals surface area contributed by atoms with Crippen LogP contribution in [-0.4, -0.2) is 48.6 Å². The van der Waals surface area contributed by atoms with Crippen molar-refractivity contribution in [2.45, 2.75) is 38.9 Å². The van der Waals surface area contributed by atoms with Crippen LogP contribution in [0.2, 0.25) is 0 Å². The Labute approximate surface area is 98.1 Å². The molecule has 4 heteroatoms. The maximum absolute atomic E-state index is 11.8. The number of piperazine rings is 1. The predicted molar refractivity (Wildman–Crippen MR) is 66.3 cm³/mol. The Morgan fingerprint density at radius 2 is 2.12 bits per heavy atom. The van der Waals surface area contributed by atoms with Gasteiger partial charge in [0.1, 0.15) is 0 Å². The van der Waals surface area contributed by atoms with Gasteiger partial charge < -0.3 is 10.6 Å². The average molecular weight is 225 g/mol. The first kappa shape index (κ1) is 13.2. The van der Waals surface area contributed by atoms with Crippen LogP contribution in [0.3, 0.4) is 0 Å². The number of hydrogen-bond acceptors (Lipinski definition) is 3. The molecule has 0 aliphatic carbocycles. The van der Waals surface area contributed by atoms with Gasteiger partial charge >= 0.3 is 0 Å². The summed E-state index contributed by atoms with van der Waals surface area (Å²) in [6.45, 7) is 12.2. The van der Waals surface area contributed by atoms with Gasteiger partial charge in [-0.05, 0) is 20.8 Å². The van der Waals surface area contributed by atoms with E-state index in [2.05, 4.69) is 36.0 Å². The lowest BCUT2D eigenvalue weighted by molar-refractivity contribution is -0.126. The molecule has 0 radical (unpaired) electrons. The van der Waals surface area contributed by atoms with Crippen LogP contribution >= 0.6 is 0 Å².